The fourth-order valence-electron chi connectivity index (χ4n) is 1.14. The Kier molecular flexibility index (Phi) is 4.79. The second-order valence-corrected chi connectivity index (χ2v) is 3.80. The first-order valence-corrected chi connectivity index (χ1v) is 5.30. The van der Waals surface area contributed by atoms with Crippen LogP contribution in [0.4, 0.5) is 10.1 Å². The minimum absolute atomic E-state index is 0.301. The highest BCUT2D eigenvalue weighted by Crippen LogP contribution is 2.13. The molecule has 0 spiro atoms. The topological polar surface area (TPSA) is 75.6 Å². The zero-order valence-electron chi connectivity index (χ0n) is 10.1. The maximum absolute atomic E-state index is 13.2. The minimum Gasteiger partial charge on any atom is -0.479 e. The third kappa shape index (κ3) is 4.14. The van der Waals surface area contributed by atoms with Crippen LogP contribution < -0.4 is 5.32 Å². The molecule has 0 aromatic heterocycles. The molecule has 18 heavy (non-hydrogen) atoms. The molecule has 0 saturated heterocycles. The fraction of sp³-hybridized carbons (Fsp3) is 0.333. The quantitative estimate of drug-likeness (QED) is 0.837. The predicted molar refractivity (Wildman–Crippen MR) is 62.8 cm³/mol. The van der Waals surface area contributed by atoms with E-state index in [9.17, 15) is 14.0 Å². The van der Waals surface area contributed by atoms with Gasteiger partial charge >= 0.3 is 5.97 Å². The number of carboxylic acids is 1. The Labute approximate surface area is 104 Å². The van der Waals surface area contributed by atoms with Crippen LogP contribution in [0.25, 0.3) is 0 Å². The molecule has 1 unspecified atom stereocenters. The summed E-state index contributed by atoms with van der Waals surface area (Å²) in [6.45, 7) is 2.53. The molecule has 5 nitrogen and oxygen atoms in total. The third-order valence-electron chi connectivity index (χ3n) is 2.27. The molecule has 2 N–H and O–H groups in total. The van der Waals surface area contributed by atoms with Gasteiger partial charge in [-0.3, -0.25) is 4.79 Å². The van der Waals surface area contributed by atoms with Gasteiger partial charge in [0, 0.05) is 5.69 Å². The van der Waals surface area contributed by atoms with Crippen LogP contribution >= 0.6 is 0 Å². The van der Waals surface area contributed by atoms with Gasteiger partial charge in [-0.1, -0.05) is 6.07 Å². The van der Waals surface area contributed by atoms with E-state index in [0.717, 1.165) is 0 Å². The summed E-state index contributed by atoms with van der Waals surface area (Å²) in [5.74, 6) is -2.11. The number of anilines is 1. The molecule has 0 radical (unpaired) electrons. The molecule has 0 bridgehead atoms. The van der Waals surface area contributed by atoms with E-state index in [1.165, 1.54) is 19.1 Å². The normalized spacial score (nSPS) is 11.9. The molecule has 1 atom stereocenters. The maximum Gasteiger partial charge on any atom is 0.332 e. The standard InChI is InChI=1S/C12H14FNO4/c1-7-3-4-9(5-10(7)13)14-11(15)6-18-8(2)12(16)17/h3-5,8H,6H2,1-2H3,(H,14,15)(H,16,17). The fourth-order valence-corrected chi connectivity index (χ4v) is 1.14. The van der Waals surface area contributed by atoms with Gasteiger partial charge in [-0.2, -0.15) is 0 Å². The van der Waals surface area contributed by atoms with E-state index >= 15 is 0 Å². The van der Waals surface area contributed by atoms with Crippen molar-refractivity contribution in [3.63, 3.8) is 0 Å². The van der Waals surface area contributed by atoms with Gasteiger partial charge in [0.1, 0.15) is 12.4 Å². The number of hydrogen-bond donors (Lipinski definition) is 2. The Balaban J connectivity index is 2.49. The number of aliphatic carboxylic acids is 1. The average molecular weight is 255 g/mol. The summed E-state index contributed by atoms with van der Waals surface area (Å²) < 4.78 is 18.0. The highest BCUT2D eigenvalue weighted by Gasteiger charge is 2.13. The summed E-state index contributed by atoms with van der Waals surface area (Å²) in [6.07, 6.45) is -1.06. The molecular weight excluding hydrogens is 241 g/mol. The number of benzene rings is 1. The third-order valence-corrected chi connectivity index (χ3v) is 2.27. The Bertz CT molecular complexity index is 461. The van der Waals surface area contributed by atoms with E-state index in [2.05, 4.69) is 5.32 Å². The van der Waals surface area contributed by atoms with E-state index in [1.807, 2.05) is 0 Å². The largest absolute Gasteiger partial charge is 0.479 e. The lowest BCUT2D eigenvalue weighted by atomic mass is 10.2. The molecule has 0 fully saturated rings. The number of carbonyl (C=O) groups excluding carboxylic acids is 1. The Hall–Kier alpha value is -1.95. The molecule has 0 aliphatic rings. The van der Waals surface area contributed by atoms with Crippen molar-refractivity contribution in [3.05, 3.63) is 29.6 Å². The highest BCUT2D eigenvalue weighted by atomic mass is 19.1. The van der Waals surface area contributed by atoms with Crippen molar-refractivity contribution in [2.24, 2.45) is 0 Å². The number of aryl methyl sites for hydroxylation is 1. The second-order valence-electron chi connectivity index (χ2n) is 3.80. The molecular formula is C12H14FNO4. The molecule has 1 rings (SSSR count). The van der Waals surface area contributed by atoms with Crippen LogP contribution in [0.3, 0.4) is 0 Å². The SMILES string of the molecule is Cc1ccc(NC(=O)COC(C)C(=O)O)cc1F. The first kappa shape index (κ1) is 14.1. The predicted octanol–water partition coefficient (Wildman–Crippen LogP) is 1.56. The van der Waals surface area contributed by atoms with Crippen LogP contribution in [0, 0.1) is 12.7 Å². The van der Waals surface area contributed by atoms with Crippen molar-refractivity contribution >= 4 is 17.6 Å². The first-order chi connectivity index (χ1) is 8.40. The van der Waals surface area contributed by atoms with E-state index < -0.39 is 30.4 Å². The average Bonchev–Trinajstić information content (AvgIpc) is 2.30. The van der Waals surface area contributed by atoms with Gasteiger partial charge in [-0.15, -0.1) is 0 Å². The van der Waals surface area contributed by atoms with Crippen LogP contribution in [0.15, 0.2) is 18.2 Å². The van der Waals surface area contributed by atoms with Crippen LogP contribution in [0.1, 0.15) is 12.5 Å². The van der Waals surface area contributed by atoms with Crippen LogP contribution in [-0.4, -0.2) is 29.7 Å². The molecule has 1 aromatic carbocycles. The number of carboxylic acid groups (broad SMARTS) is 1. The van der Waals surface area contributed by atoms with Crippen molar-refractivity contribution in [1.82, 2.24) is 0 Å². The van der Waals surface area contributed by atoms with Gasteiger partial charge in [0.25, 0.3) is 0 Å². The van der Waals surface area contributed by atoms with Crippen molar-refractivity contribution in [3.8, 4) is 0 Å². The van der Waals surface area contributed by atoms with E-state index in [-0.39, 0.29) is 0 Å². The lowest BCUT2D eigenvalue weighted by molar-refractivity contribution is -0.150. The summed E-state index contributed by atoms with van der Waals surface area (Å²) in [7, 11) is 0. The van der Waals surface area contributed by atoms with E-state index in [4.69, 9.17) is 9.84 Å². The Morgan fingerprint density at radius 3 is 2.72 bits per heavy atom. The number of halogens is 1. The Morgan fingerprint density at radius 2 is 2.17 bits per heavy atom. The minimum atomic E-state index is -1.15. The molecule has 0 aliphatic heterocycles. The van der Waals surface area contributed by atoms with Gasteiger partial charge in [0.15, 0.2) is 6.10 Å². The summed E-state index contributed by atoms with van der Waals surface area (Å²) >= 11 is 0. The summed E-state index contributed by atoms with van der Waals surface area (Å²) in [5.41, 5.74) is 0.776. The molecule has 0 saturated carbocycles. The van der Waals surface area contributed by atoms with Gasteiger partial charge in [0.2, 0.25) is 5.91 Å². The van der Waals surface area contributed by atoms with Crippen LogP contribution in [0.2, 0.25) is 0 Å². The summed E-state index contributed by atoms with van der Waals surface area (Å²) in [4.78, 5) is 21.8. The molecule has 1 aromatic rings. The monoisotopic (exact) mass is 255 g/mol. The van der Waals surface area contributed by atoms with Gasteiger partial charge in [-0.25, -0.2) is 9.18 Å². The Morgan fingerprint density at radius 1 is 1.50 bits per heavy atom. The molecule has 98 valence electrons. The van der Waals surface area contributed by atoms with Gasteiger partial charge in [-0.05, 0) is 31.5 Å². The smallest absolute Gasteiger partial charge is 0.332 e. The number of nitrogens with one attached hydrogen (secondary N) is 1. The maximum atomic E-state index is 13.2. The number of carbonyl (C=O) groups is 2. The van der Waals surface area contributed by atoms with Crippen molar-refractivity contribution < 1.29 is 23.8 Å². The lowest BCUT2D eigenvalue weighted by Gasteiger charge is -2.09. The zero-order valence-corrected chi connectivity index (χ0v) is 10.1. The molecule has 1 amide bonds. The molecule has 0 aliphatic carbocycles. The van der Waals surface area contributed by atoms with Crippen LogP contribution in [-0.2, 0) is 14.3 Å². The van der Waals surface area contributed by atoms with E-state index in [1.54, 1.807) is 13.0 Å². The number of ether oxygens (including phenoxy) is 1. The number of rotatable bonds is 5. The zero-order chi connectivity index (χ0) is 13.7. The molecule has 6 heteroatoms. The van der Waals surface area contributed by atoms with Gasteiger partial charge in [0.05, 0.1) is 0 Å². The van der Waals surface area contributed by atoms with Crippen molar-refractivity contribution in [2.45, 2.75) is 20.0 Å². The lowest BCUT2D eigenvalue weighted by Crippen LogP contribution is -2.26. The highest BCUT2D eigenvalue weighted by molar-refractivity contribution is 5.91. The first-order valence-electron chi connectivity index (χ1n) is 5.30. The summed E-state index contributed by atoms with van der Waals surface area (Å²) in [6, 6.07) is 4.27. The van der Waals surface area contributed by atoms with Crippen molar-refractivity contribution in [1.29, 1.82) is 0 Å². The number of amides is 1. The second kappa shape index (κ2) is 6.11. The van der Waals surface area contributed by atoms with E-state index in [0.29, 0.717) is 11.3 Å². The van der Waals surface area contributed by atoms with Crippen LogP contribution in [0.5, 0.6) is 0 Å². The van der Waals surface area contributed by atoms with Crippen molar-refractivity contribution in [2.75, 3.05) is 11.9 Å². The summed E-state index contributed by atoms with van der Waals surface area (Å²) in [5, 5.41) is 11.0. The van der Waals surface area contributed by atoms with Gasteiger partial charge < -0.3 is 15.2 Å². The number of hydrogen-bond acceptors (Lipinski definition) is 3. The molecule has 0 heterocycles.